The molecule has 41 heavy (non-hydrogen) atoms. The number of nitrogens with zero attached hydrogens (tertiary/aromatic N) is 5. The number of sulfone groups is 1. The highest BCUT2D eigenvalue weighted by atomic mass is 32.2. The standard InChI is InChI=1S/C28H39FN6O4SSi/c1-28(2,3)32-27(36)21-17-34(18-39-12-14-41(5,6)7)26-25(21)31-22(16-30-26)24-20-10-9-19(29)15-23(20)35(33-24)11-8-13-40(4,37)38/h9-10,15-17H,8,11-14,18H2,1-7H3,(H,32,36). The summed E-state index contributed by atoms with van der Waals surface area (Å²) < 4.78 is 46.8. The number of carbonyl (C=O) groups is 1. The Morgan fingerprint density at radius 3 is 2.59 bits per heavy atom. The van der Waals surface area contributed by atoms with Crippen molar-refractivity contribution in [2.24, 2.45) is 0 Å². The lowest BCUT2D eigenvalue weighted by Gasteiger charge is -2.20. The molecule has 1 aromatic carbocycles. The molecular weight excluding hydrogens is 563 g/mol. The molecule has 0 unspecified atom stereocenters. The zero-order valence-corrected chi connectivity index (χ0v) is 26.6. The zero-order valence-electron chi connectivity index (χ0n) is 24.8. The van der Waals surface area contributed by atoms with Crippen LogP contribution >= 0.6 is 0 Å². The molecule has 0 aliphatic carbocycles. The van der Waals surface area contributed by atoms with E-state index in [-0.39, 0.29) is 24.9 Å². The van der Waals surface area contributed by atoms with Crippen LogP contribution in [0, 0.1) is 5.82 Å². The Morgan fingerprint density at radius 2 is 1.93 bits per heavy atom. The third kappa shape index (κ3) is 7.98. The largest absolute Gasteiger partial charge is 0.361 e. The predicted molar refractivity (Wildman–Crippen MR) is 162 cm³/mol. The molecule has 0 atom stereocenters. The first-order valence-corrected chi connectivity index (χ1v) is 19.4. The number of amides is 1. The molecule has 4 rings (SSSR count). The number of hydrogen-bond acceptors (Lipinski definition) is 7. The SMILES string of the molecule is CC(C)(C)NC(=O)c1cn(COCC[Si](C)(C)C)c2ncc(-c3nn(CCCS(C)(=O)=O)c4cc(F)ccc34)nc12. The average Bonchev–Trinajstić information content (AvgIpc) is 3.37. The van der Waals surface area contributed by atoms with Gasteiger partial charge >= 0.3 is 0 Å². The number of nitrogens with one attached hydrogen (secondary N) is 1. The van der Waals surface area contributed by atoms with Gasteiger partial charge in [0.15, 0.2) is 5.65 Å². The maximum absolute atomic E-state index is 14.2. The van der Waals surface area contributed by atoms with E-state index in [0.717, 1.165) is 6.04 Å². The van der Waals surface area contributed by atoms with Gasteiger partial charge in [0.2, 0.25) is 0 Å². The molecule has 0 radical (unpaired) electrons. The fraction of sp³-hybridized carbons (Fsp3) is 0.500. The summed E-state index contributed by atoms with van der Waals surface area (Å²) in [5, 5.41) is 8.32. The molecule has 0 saturated heterocycles. The monoisotopic (exact) mass is 602 g/mol. The quantitative estimate of drug-likeness (QED) is 0.192. The fourth-order valence-corrected chi connectivity index (χ4v) is 5.77. The van der Waals surface area contributed by atoms with Gasteiger partial charge in [-0.25, -0.2) is 22.8 Å². The van der Waals surface area contributed by atoms with Gasteiger partial charge in [-0.15, -0.1) is 0 Å². The fourth-order valence-electron chi connectivity index (χ4n) is 4.36. The van der Waals surface area contributed by atoms with Crippen LogP contribution in [0.25, 0.3) is 33.5 Å². The summed E-state index contributed by atoms with van der Waals surface area (Å²) in [7, 11) is -4.42. The van der Waals surface area contributed by atoms with E-state index in [1.807, 2.05) is 20.8 Å². The molecule has 1 amide bonds. The number of fused-ring (bicyclic) bond motifs is 2. The number of rotatable bonds is 11. The molecule has 4 aromatic rings. The summed E-state index contributed by atoms with van der Waals surface area (Å²) in [5.74, 6) is -0.722. The van der Waals surface area contributed by atoms with Crippen LogP contribution in [-0.4, -0.2) is 70.9 Å². The van der Waals surface area contributed by atoms with Gasteiger partial charge in [-0.2, -0.15) is 5.10 Å². The van der Waals surface area contributed by atoms with Crippen molar-refractivity contribution in [1.29, 1.82) is 0 Å². The topological polar surface area (TPSA) is 121 Å². The van der Waals surface area contributed by atoms with Gasteiger partial charge in [0.1, 0.15) is 39.3 Å². The molecule has 0 aliphatic rings. The zero-order chi connectivity index (χ0) is 30.2. The van der Waals surface area contributed by atoms with Gasteiger partial charge in [-0.1, -0.05) is 19.6 Å². The summed E-state index contributed by atoms with van der Waals surface area (Å²) in [6.45, 7) is 13.7. The minimum absolute atomic E-state index is 0.00938. The van der Waals surface area contributed by atoms with E-state index in [1.54, 1.807) is 27.7 Å². The van der Waals surface area contributed by atoms with Gasteiger partial charge in [0, 0.05) is 44.6 Å². The van der Waals surface area contributed by atoms with E-state index in [2.05, 4.69) is 35.0 Å². The number of benzene rings is 1. The number of aromatic nitrogens is 5. The first-order chi connectivity index (χ1) is 19.0. The first kappa shape index (κ1) is 30.8. The minimum Gasteiger partial charge on any atom is -0.361 e. The van der Waals surface area contributed by atoms with Crippen molar-refractivity contribution in [3.05, 3.63) is 42.0 Å². The molecule has 10 nitrogen and oxygen atoms in total. The maximum Gasteiger partial charge on any atom is 0.255 e. The van der Waals surface area contributed by atoms with Crippen molar-refractivity contribution in [2.45, 2.75) is 71.7 Å². The Bertz CT molecular complexity index is 1690. The van der Waals surface area contributed by atoms with Crippen LogP contribution in [0.2, 0.25) is 25.7 Å². The van der Waals surface area contributed by atoms with E-state index >= 15 is 0 Å². The molecule has 3 heterocycles. The summed E-state index contributed by atoms with van der Waals surface area (Å²) in [6.07, 6.45) is 4.80. The third-order valence-electron chi connectivity index (χ3n) is 6.37. The second kappa shape index (κ2) is 11.6. The van der Waals surface area contributed by atoms with Crippen LogP contribution < -0.4 is 5.32 Å². The van der Waals surface area contributed by atoms with Crippen LogP contribution in [0.15, 0.2) is 30.6 Å². The lowest BCUT2D eigenvalue weighted by Crippen LogP contribution is -2.40. The Morgan fingerprint density at radius 1 is 1.20 bits per heavy atom. The van der Waals surface area contributed by atoms with E-state index in [4.69, 9.17) is 9.72 Å². The Hall–Kier alpha value is -3.16. The number of aryl methyl sites for hydroxylation is 1. The van der Waals surface area contributed by atoms with Crippen LogP contribution in [0.3, 0.4) is 0 Å². The average molecular weight is 603 g/mol. The molecule has 0 fully saturated rings. The highest BCUT2D eigenvalue weighted by Crippen LogP contribution is 2.30. The van der Waals surface area contributed by atoms with Crippen LogP contribution in [0.1, 0.15) is 37.6 Å². The van der Waals surface area contributed by atoms with Crippen molar-refractivity contribution in [3.63, 3.8) is 0 Å². The van der Waals surface area contributed by atoms with Gasteiger partial charge in [-0.3, -0.25) is 9.48 Å². The van der Waals surface area contributed by atoms with Crippen LogP contribution in [0.5, 0.6) is 0 Å². The maximum atomic E-state index is 14.2. The smallest absolute Gasteiger partial charge is 0.255 e. The highest BCUT2D eigenvalue weighted by Gasteiger charge is 2.24. The first-order valence-electron chi connectivity index (χ1n) is 13.6. The molecule has 0 bridgehead atoms. The Kier molecular flexibility index (Phi) is 8.72. The third-order valence-corrected chi connectivity index (χ3v) is 9.10. The van der Waals surface area contributed by atoms with E-state index in [1.165, 1.54) is 18.4 Å². The molecule has 222 valence electrons. The molecule has 0 saturated carbocycles. The second-order valence-electron chi connectivity index (χ2n) is 12.7. The van der Waals surface area contributed by atoms with Gasteiger partial charge in [0.05, 0.1) is 23.0 Å². The van der Waals surface area contributed by atoms with Crippen molar-refractivity contribution in [3.8, 4) is 11.4 Å². The van der Waals surface area contributed by atoms with Gasteiger partial charge in [0.25, 0.3) is 5.91 Å². The van der Waals surface area contributed by atoms with E-state index in [9.17, 15) is 17.6 Å². The molecule has 0 aliphatic heterocycles. The van der Waals surface area contributed by atoms with Crippen LogP contribution in [-0.2, 0) is 27.8 Å². The number of halogens is 1. The Balaban J connectivity index is 1.76. The normalized spacial score (nSPS) is 12.9. The molecule has 1 N–H and O–H groups in total. The number of ether oxygens (including phenoxy) is 1. The van der Waals surface area contributed by atoms with E-state index in [0.29, 0.717) is 52.0 Å². The summed E-state index contributed by atoms with van der Waals surface area (Å²) >= 11 is 0. The highest BCUT2D eigenvalue weighted by molar-refractivity contribution is 7.90. The number of hydrogen-bond donors (Lipinski definition) is 1. The van der Waals surface area contributed by atoms with Crippen molar-refractivity contribution < 1.29 is 22.3 Å². The molecule has 13 heteroatoms. The van der Waals surface area contributed by atoms with Gasteiger partial charge in [-0.05, 0) is 51.4 Å². The van der Waals surface area contributed by atoms with Crippen molar-refractivity contribution >= 4 is 45.9 Å². The van der Waals surface area contributed by atoms with E-state index < -0.39 is 29.3 Å². The molecular formula is C28H39FN6O4SSi. The molecule has 3 aromatic heterocycles. The summed E-state index contributed by atoms with van der Waals surface area (Å²) in [4.78, 5) is 22.8. The van der Waals surface area contributed by atoms with Crippen molar-refractivity contribution in [1.82, 2.24) is 29.6 Å². The Labute approximate surface area is 241 Å². The second-order valence-corrected chi connectivity index (χ2v) is 20.6. The lowest BCUT2D eigenvalue weighted by atomic mass is 10.1. The molecule has 0 spiro atoms. The predicted octanol–water partition coefficient (Wildman–Crippen LogP) is 4.86. The lowest BCUT2D eigenvalue weighted by molar-refractivity contribution is 0.0886. The number of carbonyl (C=O) groups excluding carboxylic acids is 1. The van der Waals surface area contributed by atoms with Crippen molar-refractivity contribution in [2.75, 3.05) is 18.6 Å². The van der Waals surface area contributed by atoms with Gasteiger partial charge < -0.3 is 14.6 Å². The van der Waals surface area contributed by atoms with Crippen LogP contribution in [0.4, 0.5) is 4.39 Å². The summed E-state index contributed by atoms with van der Waals surface area (Å²) in [6, 6.07) is 5.35. The minimum atomic E-state index is -3.15. The summed E-state index contributed by atoms with van der Waals surface area (Å²) in [5.41, 5.74) is 2.21.